The maximum absolute atomic E-state index is 12.6. The SMILES string of the molecule is CC1(C)C[C@H](NC(=O)COc2ccc3nc4n(c(=O)c3c2)CCC4)CCO1. The third kappa shape index (κ3) is 3.83. The summed E-state index contributed by atoms with van der Waals surface area (Å²) in [5, 5.41) is 3.54. The fourth-order valence-corrected chi connectivity index (χ4v) is 3.93. The summed E-state index contributed by atoms with van der Waals surface area (Å²) in [5.74, 6) is 1.18. The van der Waals surface area contributed by atoms with E-state index in [-0.39, 0.29) is 29.7 Å². The van der Waals surface area contributed by atoms with Crippen LogP contribution in [-0.2, 0) is 22.5 Å². The molecule has 1 amide bonds. The molecule has 144 valence electrons. The molecule has 1 aromatic heterocycles. The number of hydrogen-bond acceptors (Lipinski definition) is 5. The van der Waals surface area contributed by atoms with Gasteiger partial charge in [-0.25, -0.2) is 4.98 Å². The maximum Gasteiger partial charge on any atom is 0.261 e. The van der Waals surface area contributed by atoms with Crippen molar-refractivity contribution >= 4 is 16.8 Å². The minimum absolute atomic E-state index is 0.0353. The summed E-state index contributed by atoms with van der Waals surface area (Å²) < 4.78 is 13.0. The van der Waals surface area contributed by atoms with Gasteiger partial charge in [-0.05, 0) is 51.3 Å². The van der Waals surface area contributed by atoms with Crippen LogP contribution in [0.25, 0.3) is 10.9 Å². The monoisotopic (exact) mass is 371 g/mol. The first kappa shape index (κ1) is 18.0. The predicted molar refractivity (Wildman–Crippen MR) is 101 cm³/mol. The molecular formula is C20H25N3O4. The van der Waals surface area contributed by atoms with E-state index in [1.165, 1.54) is 0 Å². The third-order valence-corrected chi connectivity index (χ3v) is 5.22. The van der Waals surface area contributed by atoms with Crippen LogP contribution in [0.15, 0.2) is 23.0 Å². The van der Waals surface area contributed by atoms with Gasteiger partial charge in [-0.2, -0.15) is 0 Å². The fourth-order valence-electron chi connectivity index (χ4n) is 3.93. The quantitative estimate of drug-likeness (QED) is 0.886. The molecule has 27 heavy (non-hydrogen) atoms. The van der Waals surface area contributed by atoms with Gasteiger partial charge in [0.05, 0.1) is 16.5 Å². The zero-order valence-corrected chi connectivity index (χ0v) is 15.8. The largest absolute Gasteiger partial charge is 0.484 e. The predicted octanol–water partition coefficient (Wildman–Crippen LogP) is 1.80. The lowest BCUT2D eigenvalue weighted by molar-refractivity contribution is -0.126. The van der Waals surface area contributed by atoms with E-state index < -0.39 is 0 Å². The molecule has 2 aliphatic rings. The summed E-state index contributed by atoms with van der Waals surface area (Å²) in [6.45, 7) is 5.33. The van der Waals surface area contributed by atoms with Gasteiger partial charge in [-0.1, -0.05) is 0 Å². The number of nitrogens with zero attached hydrogens (tertiary/aromatic N) is 2. The number of benzene rings is 1. The minimum atomic E-state index is -0.217. The first-order chi connectivity index (χ1) is 12.9. The highest BCUT2D eigenvalue weighted by Crippen LogP contribution is 2.24. The van der Waals surface area contributed by atoms with Crippen LogP contribution < -0.4 is 15.6 Å². The summed E-state index contributed by atoms with van der Waals surface area (Å²) in [5.41, 5.74) is 0.423. The van der Waals surface area contributed by atoms with Crippen LogP contribution in [-0.4, -0.2) is 40.3 Å². The van der Waals surface area contributed by atoms with E-state index in [2.05, 4.69) is 10.3 Å². The van der Waals surface area contributed by atoms with Gasteiger partial charge in [0.15, 0.2) is 6.61 Å². The zero-order chi connectivity index (χ0) is 19.0. The lowest BCUT2D eigenvalue weighted by Crippen LogP contribution is -2.47. The molecule has 1 fully saturated rings. The van der Waals surface area contributed by atoms with Crippen molar-refractivity contribution in [3.63, 3.8) is 0 Å². The molecule has 0 saturated carbocycles. The number of carbonyl (C=O) groups is 1. The Morgan fingerprint density at radius 1 is 1.44 bits per heavy atom. The number of rotatable bonds is 4. The second kappa shape index (κ2) is 6.96. The number of nitrogens with one attached hydrogen (secondary N) is 1. The summed E-state index contributed by atoms with van der Waals surface area (Å²) in [4.78, 5) is 29.4. The van der Waals surface area contributed by atoms with Crippen molar-refractivity contribution in [3.05, 3.63) is 34.4 Å². The first-order valence-electron chi connectivity index (χ1n) is 9.51. The van der Waals surface area contributed by atoms with E-state index in [0.717, 1.165) is 31.5 Å². The number of ether oxygens (including phenoxy) is 2. The van der Waals surface area contributed by atoms with Gasteiger partial charge in [0.2, 0.25) is 0 Å². The number of aryl methyl sites for hydroxylation is 1. The second-order valence-electron chi connectivity index (χ2n) is 7.92. The summed E-state index contributed by atoms with van der Waals surface area (Å²) >= 11 is 0. The molecule has 3 heterocycles. The molecule has 7 heteroatoms. The van der Waals surface area contributed by atoms with Gasteiger partial charge in [-0.15, -0.1) is 0 Å². The van der Waals surface area contributed by atoms with E-state index in [1.807, 2.05) is 13.8 Å². The van der Waals surface area contributed by atoms with Gasteiger partial charge >= 0.3 is 0 Å². The number of amides is 1. The molecular weight excluding hydrogens is 346 g/mol. The molecule has 1 atom stereocenters. The highest BCUT2D eigenvalue weighted by molar-refractivity contribution is 5.80. The molecule has 1 saturated heterocycles. The van der Waals surface area contributed by atoms with Crippen LogP contribution in [0.4, 0.5) is 0 Å². The Hall–Kier alpha value is -2.41. The molecule has 1 N–H and O–H groups in total. The number of carbonyl (C=O) groups excluding carboxylic acids is 1. The van der Waals surface area contributed by atoms with Gasteiger partial charge in [0.1, 0.15) is 11.6 Å². The average molecular weight is 371 g/mol. The molecule has 0 spiro atoms. The van der Waals surface area contributed by atoms with Crippen molar-refractivity contribution in [2.24, 2.45) is 0 Å². The van der Waals surface area contributed by atoms with E-state index >= 15 is 0 Å². The zero-order valence-electron chi connectivity index (χ0n) is 15.8. The lowest BCUT2D eigenvalue weighted by atomic mass is 9.94. The van der Waals surface area contributed by atoms with Crippen molar-refractivity contribution in [3.8, 4) is 5.75 Å². The topological polar surface area (TPSA) is 82.5 Å². The maximum atomic E-state index is 12.6. The fraction of sp³-hybridized carbons (Fsp3) is 0.550. The van der Waals surface area contributed by atoms with E-state index in [1.54, 1.807) is 22.8 Å². The number of hydrogen-bond donors (Lipinski definition) is 1. The van der Waals surface area contributed by atoms with E-state index in [9.17, 15) is 9.59 Å². The Labute approximate surface area is 157 Å². The van der Waals surface area contributed by atoms with Crippen LogP contribution in [0.3, 0.4) is 0 Å². The normalized spacial score (nSPS) is 21.0. The molecule has 4 rings (SSSR count). The molecule has 7 nitrogen and oxygen atoms in total. The summed E-state index contributed by atoms with van der Waals surface area (Å²) in [7, 11) is 0. The van der Waals surface area contributed by atoms with Gasteiger partial charge in [0.25, 0.3) is 11.5 Å². The highest BCUT2D eigenvalue weighted by Gasteiger charge is 2.29. The Morgan fingerprint density at radius 2 is 2.30 bits per heavy atom. The number of fused-ring (bicyclic) bond motifs is 2. The second-order valence-corrected chi connectivity index (χ2v) is 7.92. The Balaban J connectivity index is 1.42. The highest BCUT2D eigenvalue weighted by atomic mass is 16.5. The first-order valence-corrected chi connectivity index (χ1v) is 9.51. The van der Waals surface area contributed by atoms with E-state index in [0.29, 0.717) is 29.8 Å². The molecule has 0 unspecified atom stereocenters. The molecule has 2 aliphatic heterocycles. The Kier molecular flexibility index (Phi) is 4.63. The molecule has 0 aliphatic carbocycles. The molecule has 1 aromatic carbocycles. The van der Waals surface area contributed by atoms with Crippen molar-refractivity contribution in [1.29, 1.82) is 0 Å². The molecule has 0 bridgehead atoms. The van der Waals surface area contributed by atoms with Crippen LogP contribution in [0.2, 0.25) is 0 Å². The van der Waals surface area contributed by atoms with Crippen molar-refractivity contribution in [2.75, 3.05) is 13.2 Å². The molecule has 0 radical (unpaired) electrons. The van der Waals surface area contributed by atoms with E-state index in [4.69, 9.17) is 9.47 Å². The summed E-state index contributed by atoms with van der Waals surface area (Å²) in [6, 6.07) is 5.31. The van der Waals surface area contributed by atoms with Gasteiger partial charge in [0, 0.05) is 25.6 Å². The third-order valence-electron chi connectivity index (χ3n) is 5.22. The van der Waals surface area contributed by atoms with Crippen LogP contribution >= 0.6 is 0 Å². The smallest absolute Gasteiger partial charge is 0.261 e. The van der Waals surface area contributed by atoms with Gasteiger partial charge < -0.3 is 14.8 Å². The van der Waals surface area contributed by atoms with Crippen LogP contribution in [0.1, 0.15) is 38.9 Å². The number of aromatic nitrogens is 2. The average Bonchev–Trinajstić information content (AvgIpc) is 3.08. The van der Waals surface area contributed by atoms with Crippen molar-refractivity contribution in [1.82, 2.24) is 14.9 Å². The molecule has 2 aromatic rings. The Bertz CT molecular complexity index is 935. The van der Waals surface area contributed by atoms with Crippen LogP contribution in [0.5, 0.6) is 5.75 Å². The van der Waals surface area contributed by atoms with Gasteiger partial charge in [-0.3, -0.25) is 14.2 Å². The summed E-state index contributed by atoms with van der Waals surface area (Å²) in [6.07, 6.45) is 3.37. The Morgan fingerprint density at radius 3 is 3.11 bits per heavy atom. The minimum Gasteiger partial charge on any atom is -0.484 e. The van der Waals surface area contributed by atoms with Crippen LogP contribution in [0, 0.1) is 0 Å². The lowest BCUT2D eigenvalue weighted by Gasteiger charge is -2.35. The standard InChI is InChI=1S/C20H25N3O4/c1-20(2)11-13(7-9-27-20)21-18(24)12-26-14-5-6-16-15(10-14)19(25)23-8-3-4-17(23)22-16/h5-6,10,13H,3-4,7-9,11-12H2,1-2H3,(H,21,24)/t13-/m1/s1. The van der Waals surface area contributed by atoms with Crippen molar-refractivity contribution in [2.45, 2.75) is 57.7 Å². The van der Waals surface area contributed by atoms with Crippen molar-refractivity contribution < 1.29 is 14.3 Å².